The molecule has 0 aliphatic carbocycles. The van der Waals surface area contributed by atoms with Crippen molar-refractivity contribution in [3.8, 4) is 5.75 Å². The molecule has 0 bridgehead atoms. The summed E-state index contributed by atoms with van der Waals surface area (Å²) in [6, 6.07) is 12.9. The Bertz CT molecular complexity index is 641. The van der Waals surface area contributed by atoms with Gasteiger partial charge >= 0.3 is 0 Å². The molecule has 122 valence electrons. The minimum Gasteiger partial charge on any atom is -0.494 e. The highest BCUT2D eigenvalue weighted by molar-refractivity contribution is 5.91. The van der Waals surface area contributed by atoms with Gasteiger partial charge in [-0.25, -0.2) is 4.39 Å². The van der Waals surface area contributed by atoms with Gasteiger partial charge < -0.3 is 15.2 Å². The van der Waals surface area contributed by atoms with Gasteiger partial charge in [-0.3, -0.25) is 4.79 Å². The van der Waals surface area contributed by atoms with Crippen LogP contribution >= 0.6 is 0 Å². The highest BCUT2D eigenvalue weighted by Gasteiger charge is 2.09. The third-order valence-corrected chi connectivity index (χ3v) is 3.32. The Labute approximate surface area is 134 Å². The monoisotopic (exact) mass is 317 g/mol. The standard InChI is InChI=1S/C18H20FNO3/c1-13(21)16-5-2-3-6-17(16)20-18(22)7-4-12-23-15-10-8-14(19)9-11-15/h2-3,5-6,8-11,13,21H,4,7,12H2,1H3,(H,20,22). The van der Waals surface area contributed by atoms with E-state index in [1.807, 2.05) is 6.07 Å². The zero-order chi connectivity index (χ0) is 16.7. The van der Waals surface area contributed by atoms with Crippen molar-refractivity contribution < 1.29 is 19.0 Å². The van der Waals surface area contributed by atoms with Crippen LogP contribution in [0.25, 0.3) is 0 Å². The van der Waals surface area contributed by atoms with Gasteiger partial charge in [0.1, 0.15) is 11.6 Å². The number of hydrogen-bond donors (Lipinski definition) is 2. The Hall–Kier alpha value is -2.40. The first kappa shape index (κ1) is 17.0. The Morgan fingerprint density at radius 3 is 2.61 bits per heavy atom. The second kappa shape index (κ2) is 8.29. The van der Waals surface area contributed by atoms with Crippen LogP contribution in [0.4, 0.5) is 10.1 Å². The average molecular weight is 317 g/mol. The number of ether oxygens (including phenoxy) is 1. The number of aliphatic hydroxyl groups is 1. The van der Waals surface area contributed by atoms with Crippen molar-refractivity contribution >= 4 is 11.6 Å². The normalized spacial score (nSPS) is 11.8. The molecule has 0 spiro atoms. The molecule has 0 radical (unpaired) electrons. The minimum atomic E-state index is -0.645. The fraction of sp³-hybridized carbons (Fsp3) is 0.278. The Kier molecular flexibility index (Phi) is 6.11. The average Bonchev–Trinajstić information content (AvgIpc) is 2.53. The van der Waals surface area contributed by atoms with Crippen LogP contribution in [-0.4, -0.2) is 17.6 Å². The number of aliphatic hydroxyl groups excluding tert-OH is 1. The third-order valence-electron chi connectivity index (χ3n) is 3.32. The molecule has 4 nitrogen and oxygen atoms in total. The highest BCUT2D eigenvalue weighted by atomic mass is 19.1. The van der Waals surface area contributed by atoms with Crippen molar-refractivity contribution in [2.24, 2.45) is 0 Å². The lowest BCUT2D eigenvalue weighted by molar-refractivity contribution is -0.116. The fourth-order valence-corrected chi connectivity index (χ4v) is 2.14. The lowest BCUT2D eigenvalue weighted by Crippen LogP contribution is -2.14. The van der Waals surface area contributed by atoms with E-state index in [9.17, 15) is 14.3 Å². The van der Waals surface area contributed by atoms with E-state index in [1.54, 1.807) is 37.3 Å². The van der Waals surface area contributed by atoms with Gasteiger partial charge in [0, 0.05) is 17.7 Å². The second-order valence-corrected chi connectivity index (χ2v) is 5.22. The van der Waals surface area contributed by atoms with Crippen LogP contribution in [0.2, 0.25) is 0 Å². The number of carbonyl (C=O) groups is 1. The van der Waals surface area contributed by atoms with Gasteiger partial charge in [-0.05, 0) is 43.7 Å². The predicted molar refractivity (Wildman–Crippen MR) is 86.8 cm³/mol. The maximum absolute atomic E-state index is 12.8. The smallest absolute Gasteiger partial charge is 0.224 e. The molecule has 2 aromatic carbocycles. The summed E-state index contributed by atoms with van der Waals surface area (Å²) in [5, 5.41) is 12.5. The summed E-state index contributed by atoms with van der Waals surface area (Å²) in [6.45, 7) is 2.03. The van der Waals surface area contributed by atoms with Crippen molar-refractivity contribution in [3.05, 3.63) is 59.9 Å². The number of anilines is 1. The molecule has 1 unspecified atom stereocenters. The first-order valence-corrected chi connectivity index (χ1v) is 7.51. The third kappa shape index (κ3) is 5.38. The molecular weight excluding hydrogens is 297 g/mol. The summed E-state index contributed by atoms with van der Waals surface area (Å²) in [6.07, 6.45) is 0.198. The molecule has 2 N–H and O–H groups in total. The number of benzene rings is 2. The molecule has 0 saturated carbocycles. The summed E-state index contributed by atoms with van der Waals surface area (Å²) in [4.78, 5) is 11.9. The minimum absolute atomic E-state index is 0.138. The molecule has 0 heterocycles. The van der Waals surface area contributed by atoms with Crippen LogP contribution in [0.3, 0.4) is 0 Å². The van der Waals surface area contributed by atoms with Gasteiger partial charge in [0.15, 0.2) is 0 Å². The van der Waals surface area contributed by atoms with Gasteiger partial charge in [-0.15, -0.1) is 0 Å². The summed E-state index contributed by atoms with van der Waals surface area (Å²) in [5.74, 6) is 0.126. The van der Waals surface area contributed by atoms with Crippen LogP contribution in [0.5, 0.6) is 5.75 Å². The van der Waals surface area contributed by atoms with Crippen LogP contribution in [0.1, 0.15) is 31.4 Å². The zero-order valence-corrected chi connectivity index (χ0v) is 13.0. The maximum atomic E-state index is 12.8. The quantitative estimate of drug-likeness (QED) is 0.766. The van der Waals surface area contributed by atoms with Gasteiger partial charge in [0.05, 0.1) is 12.7 Å². The largest absolute Gasteiger partial charge is 0.494 e. The number of para-hydroxylation sites is 1. The summed E-state index contributed by atoms with van der Waals surface area (Å²) in [7, 11) is 0. The lowest BCUT2D eigenvalue weighted by Gasteiger charge is -2.13. The number of halogens is 1. The molecular formula is C18H20FNO3. The summed E-state index contributed by atoms with van der Waals surface area (Å²) in [5.41, 5.74) is 1.30. The second-order valence-electron chi connectivity index (χ2n) is 5.22. The van der Waals surface area contributed by atoms with E-state index in [0.717, 1.165) is 0 Å². The predicted octanol–water partition coefficient (Wildman–Crippen LogP) is 3.68. The molecule has 5 heteroatoms. The molecule has 0 aromatic heterocycles. The fourth-order valence-electron chi connectivity index (χ4n) is 2.14. The Morgan fingerprint density at radius 1 is 1.22 bits per heavy atom. The molecule has 0 aliphatic rings. The lowest BCUT2D eigenvalue weighted by atomic mass is 10.1. The molecule has 0 aliphatic heterocycles. The van der Waals surface area contributed by atoms with E-state index < -0.39 is 6.10 Å². The van der Waals surface area contributed by atoms with E-state index in [0.29, 0.717) is 36.4 Å². The molecule has 1 amide bonds. The van der Waals surface area contributed by atoms with Gasteiger partial charge in [0.2, 0.25) is 5.91 Å². The van der Waals surface area contributed by atoms with Gasteiger partial charge in [0.25, 0.3) is 0 Å². The number of nitrogens with one attached hydrogen (secondary N) is 1. The highest BCUT2D eigenvalue weighted by Crippen LogP contribution is 2.22. The molecule has 2 aromatic rings. The van der Waals surface area contributed by atoms with Gasteiger partial charge in [-0.2, -0.15) is 0 Å². The van der Waals surface area contributed by atoms with E-state index >= 15 is 0 Å². The van der Waals surface area contributed by atoms with E-state index in [1.165, 1.54) is 12.1 Å². The van der Waals surface area contributed by atoms with Gasteiger partial charge in [-0.1, -0.05) is 18.2 Å². The van der Waals surface area contributed by atoms with E-state index in [2.05, 4.69) is 5.32 Å². The van der Waals surface area contributed by atoms with Crippen molar-refractivity contribution in [3.63, 3.8) is 0 Å². The molecule has 0 saturated heterocycles. The summed E-state index contributed by atoms with van der Waals surface area (Å²) >= 11 is 0. The van der Waals surface area contributed by atoms with Crippen molar-refractivity contribution in [2.75, 3.05) is 11.9 Å². The zero-order valence-electron chi connectivity index (χ0n) is 13.0. The summed E-state index contributed by atoms with van der Waals surface area (Å²) < 4.78 is 18.2. The topological polar surface area (TPSA) is 58.6 Å². The van der Waals surface area contributed by atoms with E-state index in [4.69, 9.17) is 4.74 Å². The number of carbonyl (C=O) groups excluding carboxylic acids is 1. The van der Waals surface area contributed by atoms with Crippen LogP contribution < -0.4 is 10.1 Å². The molecule has 2 rings (SSSR count). The molecule has 1 atom stereocenters. The number of rotatable bonds is 7. The van der Waals surface area contributed by atoms with Crippen LogP contribution in [-0.2, 0) is 4.79 Å². The van der Waals surface area contributed by atoms with Crippen molar-refractivity contribution in [1.29, 1.82) is 0 Å². The van der Waals surface area contributed by atoms with Crippen molar-refractivity contribution in [1.82, 2.24) is 0 Å². The van der Waals surface area contributed by atoms with E-state index in [-0.39, 0.29) is 11.7 Å². The Balaban J connectivity index is 1.76. The van der Waals surface area contributed by atoms with Crippen molar-refractivity contribution in [2.45, 2.75) is 25.9 Å². The van der Waals surface area contributed by atoms with Crippen LogP contribution in [0, 0.1) is 5.82 Å². The first-order chi connectivity index (χ1) is 11.1. The molecule has 23 heavy (non-hydrogen) atoms. The number of hydrogen-bond acceptors (Lipinski definition) is 3. The SMILES string of the molecule is CC(O)c1ccccc1NC(=O)CCCOc1ccc(F)cc1. The first-order valence-electron chi connectivity index (χ1n) is 7.51. The van der Waals surface area contributed by atoms with Crippen LogP contribution in [0.15, 0.2) is 48.5 Å². The molecule has 0 fully saturated rings. The maximum Gasteiger partial charge on any atom is 0.224 e. The number of amides is 1. The Morgan fingerprint density at radius 2 is 1.91 bits per heavy atom.